The lowest BCUT2D eigenvalue weighted by Crippen LogP contribution is -2.17. The van der Waals surface area contributed by atoms with Crippen LogP contribution in [0.5, 0.6) is 5.75 Å². The van der Waals surface area contributed by atoms with Gasteiger partial charge in [-0.2, -0.15) is 0 Å². The van der Waals surface area contributed by atoms with Crippen molar-refractivity contribution in [3.63, 3.8) is 0 Å². The molecule has 0 bridgehead atoms. The van der Waals surface area contributed by atoms with Gasteiger partial charge >= 0.3 is 0 Å². The average molecular weight is 253 g/mol. The van der Waals surface area contributed by atoms with Crippen LogP contribution in [0, 0.1) is 5.82 Å². The summed E-state index contributed by atoms with van der Waals surface area (Å²) in [5, 5.41) is 1.73. The zero-order valence-corrected chi connectivity index (χ0v) is 9.64. The van der Waals surface area contributed by atoms with E-state index >= 15 is 0 Å². The van der Waals surface area contributed by atoms with Gasteiger partial charge in [0.1, 0.15) is 0 Å². The third-order valence-electron chi connectivity index (χ3n) is 2.11. The fourth-order valence-electron chi connectivity index (χ4n) is 1.34. The van der Waals surface area contributed by atoms with Crippen LogP contribution in [0.3, 0.4) is 0 Å². The summed E-state index contributed by atoms with van der Waals surface area (Å²) >= 11 is 0.813. The smallest absolute Gasteiger partial charge is 0.290 e. The Labute approximate surface area is 101 Å². The van der Waals surface area contributed by atoms with E-state index in [0.29, 0.717) is 5.56 Å². The lowest BCUT2D eigenvalue weighted by atomic mass is 10.2. The second-order valence-electron chi connectivity index (χ2n) is 3.25. The maximum Gasteiger partial charge on any atom is 0.290 e. The number of imide groups is 1. The predicted molar refractivity (Wildman–Crippen MR) is 62.1 cm³/mol. The number of amides is 2. The Morgan fingerprint density at radius 2 is 2.18 bits per heavy atom. The zero-order valence-electron chi connectivity index (χ0n) is 8.82. The molecule has 1 aliphatic heterocycles. The maximum atomic E-state index is 13.1. The molecule has 0 atom stereocenters. The van der Waals surface area contributed by atoms with Crippen molar-refractivity contribution in [1.29, 1.82) is 0 Å². The molecule has 1 aromatic carbocycles. The lowest BCUT2D eigenvalue weighted by molar-refractivity contribution is -0.115. The van der Waals surface area contributed by atoms with Crippen LogP contribution in [0.15, 0.2) is 23.1 Å². The van der Waals surface area contributed by atoms with E-state index in [1.165, 1.54) is 31.4 Å². The Hall–Kier alpha value is -1.82. The van der Waals surface area contributed by atoms with Crippen LogP contribution >= 0.6 is 11.8 Å². The van der Waals surface area contributed by atoms with Gasteiger partial charge in [-0.15, -0.1) is 0 Å². The maximum absolute atomic E-state index is 13.1. The lowest BCUT2D eigenvalue weighted by Gasteiger charge is -2.02. The van der Waals surface area contributed by atoms with Crippen LogP contribution in [-0.2, 0) is 4.79 Å². The summed E-state index contributed by atoms with van der Waals surface area (Å²) in [7, 11) is 1.36. The second-order valence-corrected chi connectivity index (χ2v) is 4.26. The summed E-state index contributed by atoms with van der Waals surface area (Å²) < 4.78 is 18.0. The number of benzene rings is 1. The van der Waals surface area contributed by atoms with Crippen molar-refractivity contribution in [2.75, 3.05) is 7.11 Å². The third-order valence-corrected chi connectivity index (χ3v) is 2.93. The topological polar surface area (TPSA) is 55.4 Å². The van der Waals surface area contributed by atoms with Crippen molar-refractivity contribution >= 4 is 29.0 Å². The van der Waals surface area contributed by atoms with Crippen molar-refractivity contribution in [3.8, 4) is 5.75 Å². The standard InChI is InChI=1S/C11H8FNO3S/c1-16-8-4-6(2-3-7(8)12)5-9-10(14)13-11(15)17-9/h2-5H,1H3,(H,13,14,15). The molecule has 2 amide bonds. The highest BCUT2D eigenvalue weighted by atomic mass is 32.2. The van der Waals surface area contributed by atoms with E-state index in [1.54, 1.807) is 0 Å². The summed E-state index contributed by atoms with van der Waals surface area (Å²) in [4.78, 5) is 22.5. The quantitative estimate of drug-likeness (QED) is 0.820. The first-order chi connectivity index (χ1) is 8.10. The summed E-state index contributed by atoms with van der Waals surface area (Å²) in [6.07, 6.45) is 1.51. The molecule has 0 spiro atoms. The van der Waals surface area contributed by atoms with E-state index in [4.69, 9.17) is 4.74 Å². The molecule has 2 rings (SSSR count). The number of nitrogens with one attached hydrogen (secondary N) is 1. The molecule has 6 heteroatoms. The highest BCUT2D eigenvalue weighted by Crippen LogP contribution is 2.27. The fourth-order valence-corrected chi connectivity index (χ4v) is 2.02. The number of thioether (sulfide) groups is 1. The summed E-state index contributed by atoms with van der Waals surface area (Å²) in [6, 6.07) is 4.20. The molecule has 0 aliphatic carbocycles. The first-order valence-corrected chi connectivity index (χ1v) is 5.50. The van der Waals surface area contributed by atoms with Crippen molar-refractivity contribution in [3.05, 3.63) is 34.5 Å². The largest absolute Gasteiger partial charge is 0.494 e. The van der Waals surface area contributed by atoms with Gasteiger partial charge < -0.3 is 4.74 Å². The molecular weight excluding hydrogens is 245 g/mol. The normalized spacial score (nSPS) is 17.4. The first-order valence-electron chi connectivity index (χ1n) is 4.68. The Balaban J connectivity index is 2.33. The number of methoxy groups -OCH3 is 1. The molecule has 1 aromatic rings. The Bertz CT molecular complexity index is 527. The predicted octanol–water partition coefficient (Wildman–Crippen LogP) is 2.16. The van der Waals surface area contributed by atoms with E-state index in [0.717, 1.165) is 11.8 Å². The molecule has 4 nitrogen and oxygen atoms in total. The molecule has 0 radical (unpaired) electrons. The molecule has 1 fully saturated rings. The minimum Gasteiger partial charge on any atom is -0.494 e. The molecule has 17 heavy (non-hydrogen) atoms. The SMILES string of the molecule is COc1cc(C=C2SC(=O)NC2=O)ccc1F. The molecule has 1 aliphatic rings. The number of ether oxygens (including phenoxy) is 1. The molecule has 0 aromatic heterocycles. The number of hydrogen-bond donors (Lipinski definition) is 1. The monoisotopic (exact) mass is 253 g/mol. The van der Waals surface area contributed by atoms with Crippen LogP contribution in [-0.4, -0.2) is 18.3 Å². The van der Waals surface area contributed by atoms with Crippen molar-refractivity contribution in [2.24, 2.45) is 0 Å². The van der Waals surface area contributed by atoms with E-state index < -0.39 is 17.0 Å². The Kier molecular flexibility index (Phi) is 3.14. The number of hydrogen-bond acceptors (Lipinski definition) is 4. The van der Waals surface area contributed by atoms with Crippen LogP contribution in [0.1, 0.15) is 5.56 Å². The Morgan fingerprint density at radius 1 is 1.41 bits per heavy atom. The molecular formula is C11H8FNO3S. The van der Waals surface area contributed by atoms with Gasteiger partial charge in [-0.25, -0.2) is 4.39 Å². The van der Waals surface area contributed by atoms with Crippen molar-refractivity contribution < 1.29 is 18.7 Å². The third kappa shape index (κ3) is 2.47. The van der Waals surface area contributed by atoms with Crippen molar-refractivity contribution in [1.82, 2.24) is 5.32 Å². The highest BCUT2D eigenvalue weighted by molar-refractivity contribution is 8.18. The van der Waals surface area contributed by atoms with Gasteiger partial charge in [0.05, 0.1) is 12.0 Å². The van der Waals surface area contributed by atoms with Gasteiger partial charge in [0, 0.05) is 0 Å². The molecule has 1 N–H and O–H groups in total. The molecule has 88 valence electrons. The van der Waals surface area contributed by atoms with Crippen LogP contribution in [0.25, 0.3) is 6.08 Å². The number of carbonyl (C=O) groups is 2. The zero-order chi connectivity index (χ0) is 12.4. The van der Waals surface area contributed by atoms with E-state index in [-0.39, 0.29) is 10.7 Å². The summed E-state index contributed by atoms with van der Waals surface area (Å²) in [5.74, 6) is -0.827. The Morgan fingerprint density at radius 3 is 2.76 bits per heavy atom. The van der Waals surface area contributed by atoms with E-state index in [2.05, 4.69) is 5.32 Å². The van der Waals surface area contributed by atoms with Gasteiger partial charge in [-0.1, -0.05) is 6.07 Å². The number of carbonyl (C=O) groups excluding carboxylic acids is 2. The molecule has 0 unspecified atom stereocenters. The average Bonchev–Trinajstić information content (AvgIpc) is 2.60. The van der Waals surface area contributed by atoms with Crippen LogP contribution < -0.4 is 10.1 Å². The van der Waals surface area contributed by atoms with E-state index in [1.807, 2.05) is 0 Å². The highest BCUT2D eigenvalue weighted by Gasteiger charge is 2.24. The van der Waals surface area contributed by atoms with Gasteiger partial charge in [-0.3, -0.25) is 14.9 Å². The second kappa shape index (κ2) is 4.58. The van der Waals surface area contributed by atoms with Gasteiger partial charge in [0.25, 0.3) is 11.1 Å². The number of halogens is 1. The summed E-state index contributed by atoms with van der Waals surface area (Å²) in [5.41, 5.74) is 0.593. The van der Waals surface area contributed by atoms with E-state index in [9.17, 15) is 14.0 Å². The summed E-state index contributed by atoms with van der Waals surface area (Å²) in [6.45, 7) is 0. The minimum atomic E-state index is -0.478. The van der Waals surface area contributed by atoms with Crippen LogP contribution in [0.4, 0.5) is 9.18 Å². The number of rotatable bonds is 2. The fraction of sp³-hybridized carbons (Fsp3) is 0.0909. The molecule has 1 saturated heterocycles. The molecule has 1 heterocycles. The van der Waals surface area contributed by atoms with Gasteiger partial charge in [0.2, 0.25) is 0 Å². The molecule has 0 saturated carbocycles. The van der Waals surface area contributed by atoms with Crippen LogP contribution in [0.2, 0.25) is 0 Å². The van der Waals surface area contributed by atoms with Crippen molar-refractivity contribution in [2.45, 2.75) is 0 Å². The first kappa shape index (κ1) is 11.7. The van der Waals surface area contributed by atoms with Gasteiger partial charge in [0.15, 0.2) is 11.6 Å². The van der Waals surface area contributed by atoms with Gasteiger partial charge in [-0.05, 0) is 35.5 Å². The minimum absolute atomic E-state index is 0.0917.